The van der Waals surface area contributed by atoms with Crippen molar-refractivity contribution in [2.45, 2.75) is 103 Å². The fraction of sp³-hybridized carbons (Fsp3) is 0.731. The Hall–Kier alpha value is -2.19. The van der Waals surface area contributed by atoms with Crippen LogP contribution in [-0.4, -0.2) is 42.8 Å². The Morgan fingerprint density at radius 3 is 2.74 bits per heavy atom. The SMILES string of the molecule is CCCCCCC/C=C/C=C(C)/C=C/[C@H]1C[C@@H](OC2CCCCO2)C[C@@H]1OC(=O)CO[N+](=O)[O-]. The van der Waals surface area contributed by atoms with Crippen LogP contribution in [0.25, 0.3) is 0 Å². The first-order valence-electron chi connectivity index (χ1n) is 12.7. The van der Waals surface area contributed by atoms with Crippen molar-refractivity contribution in [1.82, 2.24) is 0 Å². The molecule has 0 bridgehead atoms. The summed E-state index contributed by atoms with van der Waals surface area (Å²) < 4.78 is 17.3. The maximum absolute atomic E-state index is 12.0. The van der Waals surface area contributed by atoms with Gasteiger partial charge in [-0.25, -0.2) is 4.79 Å². The number of allylic oxidation sites excluding steroid dienone is 5. The van der Waals surface area contributed by atoms with Crippen molar-refractivity contribution in [3.63, 3.8) is 0 Å². The summed E-state index contributed by atoms with van der Waals surface area (Å²) in [6.07, 6.45) is 21.4. The smallest absolute Gasteiger partial charge is 0.332 e. The lowest BCUT2D eigenvalue weighted by atomic mass is 10.0. The molecule has 34 heavy (non-hydrogen) atoms. The molecule has 2 aliphatic rings. The van der Waals surface area contributed by atoms with E-state index in [4.69, 9.17) is 14.2 Å². The van der Waals surface area contributed by atoms with E-state index in [1.54, 1.807) is 0 Å². The van der Waals surface area contributed by atoms with E-state index in [1.807, 2.05) is 19.1 Å². The van der Waals surface area contributed by atoms with Gasteiger partial charge in [-0.15, -0.1) is 10.1 Å². The number of ether oxygens (including phenoxy) is 3. The van der Waals surface area contributed by atoms with Crippen LogP contribution in [0.15, 0.2) is 36.0 Å². The topological polar surface area (TPSA) is 97.1 Å². The summed E-state index contributed by atoms with van der Waals surface area (Å²) in [4.78, 5) is 26.5. The number of esters is 1. The molecule has 1 saturated carbocycles. The van der Waals surface area contributed by atoms with E-state index >= 15 is 0 Å². The lowest BCUT2D eigenvalue weighted by Gasteiger charge is -2.25. The molecule has 0 aromatic carbocycles. The van der Waals surface area contributed by atoms with Crippen molar-refractivity contribution in [2.75, 3.05) is 13.2 Å². The predicted octanol–water partition coefficient (Wildman–Crippen LogP) is 5.85. The summed E-state index contributed by atoms with van der Waals surface area (Å²) in [5.74, 6) is -0.789. The molecule has 192 valence electrons. The second-order valence-corrected chi connectivity index (χ2v) is 9.12. The van der Waals surface area contributed by atoms with Gasteiger partial charge in [-0.2, -0.15) is 0 Å². The zero-order chi connectivity index (χ0) is 24.6. The Labute approximate surface area is 203 Å². The Morgan fingerprint density at radius 2 is 2.00 bits per heavy atom. The zero-order valence-corrected chi connectivity index (χ0v) is 20.7. The zero-order valence-electron chi connectivity index (χ0n) is 20.7. The van der Waals surface area contributed by atoms with Gasteiger partial charge in [0, 0.05) is 18.9 Å². The molecule has 0 spiro atoms. The quantitative estimate of drug-likeness (QED) is 0.0955. The van der Waals surface area contributed by atoms with Gasteiger partial charge in [0.1, 0.15) is 6.10 Å². The number of nitrogens with zero attached hydrogens (tertiary/aromatic N) is 1. The molecule has 2 fully saturated rings. The minimum absolute atomic E-state index is 0.0426. The van der Waals surface area contributed by atoms with Crippen LogP contribution in [0.4, 0.5) is 0 Å². The van der Waals surface area contributed by atoms with E-state index in [9.17, 15) is 14.9 Å². The molecular weight excluding hydrogens is 438 g/mol. The van der Waals surface area contributed by atoms with E-state index in [1.165, 1.54) is 32.1 Å². The van der Waals surface area contributed by atoms with Gasteiger partial charge >= 0.3 is 5.97 Å². The highest BCUT2D eigenvalue weighted by molar-refractivity contribution is 5.70. The van der Waals surface area contributed by atoms with Crippen molar-refractivity contribution >= 4 is 5.97 Å². The number of carbonyl (C=O) groups is 1. The summed E-state index contributed by atoms with van der Waals surface area (Å²) in [7, 11) is 0. The van der Waals surface area contributed by atoms with E-state index < -0.39 is 23.8 Å². The second-order valence-electron chi connectivity index (χ2n) is 9.12. The van der Waals surface area contributed by atoms with Crippen LogP contribution in [0.1, 0.15) is 84.5 Å². The Kier molecular flexibility index (Phi) is 13.6. The number of unbranched alkanes of at least 4 members (excludes halogenated alkanes) is 5. The third kappa shape index (κ3) is 11.8. The molecule has 4 atom stereocenters. The molecule has 2 rings (SSSR count). The van der Waals surface area contributed by atoms with Crippen LogP contribution in [0.2, 0.25) is 0 Å². The highest BCUT2D eigenvalue weighted by Gasteiger charge is 2.37. The molecule has 1 unspecified atom stereocenters. The molecule has 0 amide bonds. The fourth-order valence-electron chi connectivity index (χ4n) is 4.29. The highest BCUT2D eigenvalue weighted by atomic mass is 17.0. The molecule has 1 aliphatic heterocycles. The van der Waals surface area contributed by atoms with E-state index in [-0.39, 0.29) is 18.3 Å². The van der Waals surface area contributed by atoms with Crippen molar-refractivity contribution in [2.24, 2.45) is 5.92 Å². The Balaban J connectivity index is 1.87. The standard InChI is InChI=1S/C26H41NO7/c1-3-4-5-6-7-8-9-10-13-21(2)15-16-22-18-23(33-26-14-11-12-17-31-26)19-24(22)34-25(28)20-32-27(29)30/h9-10,13,15-16,22-24,26H,3-8,11-12,14,17-20H2,1-2H3/b10-9+,16-15+,21-13+/t22-,23+,24-,26?/m0/s1. The van der Waals surface area contributed by atoms with Crippen molar-refractivity contribution < 1.29 is 28.9 Å². The molecule has 0 aromatic heterocycles. The number of rotatable bonds is 15. The van der Waals surface area contributed by atoms with Gasteiger partial charge in [0.05, 0.1) is 6.10 Å². The summed E-state index contributed by atoms with van der Waals surface area (Å²) in [6, 6.07) is 0. The van der Waals surface area contributed by atoms with Gasteiger partial charge in [-0.3, -0.25) is 0 Å². The minimum Gasteiger partial charge on any atom is -0.460 e. The number of carbonyl (C=O) groups excluding carboxylic acids is 1. The van der Waals surface area contributed by atoms with Crippen molar-refractivity contribution in [1.29, 1.82) is 0 Å². The molecular formula is C26H41NO7. The lowest BCUT2D eigenvalue weighted by molar-refractivity contribution is -0.754. The normalized spacial score (nSPS) is 25.8. The molecule has 0 radical (unpaired) electrons. The summed E-state index contributed by atoms with van der Waals surface area (Å²) in [5.41, 5.74) is 1.10. The molecule has 1 aliphatic carbocycles. The van der Waals surface area contributed by atoms with E-state index in [0.717, 1.165) is 31.3 Å². The van der Waals surface area contributed by atoms with Gasteiger partial charge in [0.25, 0.3) is 5.09 Å². The van der Waals surface area contributed by atoms with Crippen LogP contribution in [-0.2, 0) is 23.8 Å². The van der Waals surface area contributed by atoms with E-state index in [0.29, 0.717) is 19.4 Å². The van der Waals surface area contributed by atoms with Crippen LogP contribution >= 0.6 is 0 Å². The van der Waals surface area contributed by atoms with Crippen LogP contribution in [0.3, 0.4) is 0 Å². The highest BCUT2D eigenvalue weighted by Crippen LogP contribution is 2.34. The summed E-state index contributed by atoms with van der Waals surface area (Å²) in [5, 5.41) is 9.37. The van der Waals surface area contributed by atoms with Gasteiger partial charge in [-0.05, 0) is 45.4 Å². The first-order valence-corrected chi connectivity index (χ1v) is 12.7. The third-order valence-corrected chi connectivity index (χ3v) is 6.14. The van der Waals surface area contributed by atoms with Crippen LogP contribution in [0.5, 0.6) is 0 Å². The number of hydrogen-bond acceptors (Lipinski definition) is 7. The van der Waals surface area contributed by atoms with Gasteiger partial charge in [-0.1, -0.05) is 68.6 Å². The van der Waals surface area contributed by atoms with Crippen LogP contribution < -0.4 is 0 Å². The number of hydrogen-bond donors (Lipinski definition) is 0. The van der Waals surface area contributed by atoms with Crippen LogP contribution in [0, 0.1) is 16.0 Å². The lowest BCUT2D eigenvalue weighted by Crippen LogP contribution is -2.28. The Bertz CT molecular complexity index is 697. The second kappa shape index (κ2) is 16.4. The predicted molar refractivity (Wildman–Crippen MR) is 129 cm³/mol. The summed E-state index contributed by atoms with van der Waals surface area (Å²) in [6.45, 7) is 4.25. The molecule has 0 N–H and O–H groups in total. The first kappa shape index (κ1) is 28.1. The third-order valence-electron chi connectivity index (χ3n) is 6.14. The Morgan fingerprint density at radius 1 is 1.18 bits per heavy atom. The summed E-state index contributed by atoms with van der Waals surface area (Å²) >= 11 is 0. The average molecular weight is 480 g/mol. The molecule has 8 heteroatoms. The monoisotopic (exact) mass is 479 g/mol. The van der Waals surface area contributed by atoms with Gasteiger partial charge in [0.15, 0.2) is 12.9 Å². The fourth-order valence-corrected chi connectivity index (χ4v) is 4.29. The van der Waals surface area contributed by atoms with Crippen molar-refractivity contribution in [3.8, 4) is 0 Å². The molecule has 0 aromatic rings. The molecule has 1 heterocycles. The van der Waals surface area contributed by atoms with Gasteiger partial charge < -0.3 is 19.0 Å². The maximum atomic E-state index is 12.0. The maximum Gasteiger partial charge on any atom is 0.332 e. The average Bonchev–Trinajstić information content (AvgIpc) is 3.19. The minimum atomic E-state index is -0.994. The molecule has 1 saturated heterocycles. The van der Waals surface area contributed by atoms with Crippen molar-refractivity contribution in [3.05, 3.63) is 46.1 Å². The molecule has 8 nitrogen and oxygen atoms in total. The largest absolute Gasteiger partial charge is 0.460 e. The van der Waals surface area contributed by atoms with E-state index in [2.05, 4.69) is 30.0 Å². The first-order chi connectivity index (χ1) is 16.5. The van der Waals surface area contributed by atoms with Gasteiger partial charge in [0.2, 0.25) is 0 Å².